The van der Waals surface area contributed by atoms with Crippen molar-refractivity contribution < 1.29 is 36.4 Å². The largest absolute Gasteiger partial charge is 0.444 e. The summed E-state index contributed by atoms with van der Waals surface area (Å²) in [7, 11) is -1.29. The van der Waals surface area contributed by atoms with E-state index in [9.17, 15) is 22.8 Å². The van der Waals surface area contributed by atoms with E-state index in [-0.39, 0.29) is 18.8 Å². The van der Waals surface area contributed by atoms with Crippen LogP contribution < -0.4 is 10.6 Å². The molecule has 3 heterocycles. The summed E-state index contributed by atoms with van der Waals surface area (Å²) >= 11 is 0. The monoisotopic (exact) mass is 503 g/mol. The Morgan fingerprint density at radius 3 is 2.56 bits per heavy atom. The van der Waals surface area contributed by atoms with Crippen LogP contribution in [0.2, 0.25) is 0 Å². The van der Waals surface area contributed by atoms with Crippen LogP contribution in [0.4, 0.5) is 14.4 Å². The van der Waals surface area contributed by atoms with Gasteiger partial charge < -0.3 is 25.2 Å². The van der Waals surface area contributed by atoms with Crippen LogP contribution in [0.15, 0.2) is 6.20 Å². The van der Waals surface area contributed by atoms with Crippen LogP contribution in [0.5, 0.6) is 0 Å². The fourth-order valence-corrected chi connectivity index (χ4v) is 3.98. The number of carbonyl (C=O) groups is 3. The molecular formula is C18H29N7O8S. The summed E-state index contributed by atoms with van der Waals surface area (Å²) < 4.78 is 42.5. The zero-order valence-corrected chi connectivity index (χ0v) is 20.3. The van der Waals surface area contributed by atoms with E-state index in [1.807, 2.05) is 19.0 Å². The predicted molar refractivity (Wildman–Crippen MR) is 116 cm³/mol. The summed E-state index contributed by atoms with van der Waals surface area (Å²) in [4.78, 5) is 40.7. The molecule has 15 nitrogen and oxygen atoms in total. The van der Waals surface area contributed by atoms with Crippen LogP contribution in [0.1, 0.15) is 44.1 Å². The van der Waals surface area contributed by atoms with E-state index in [1.54, 1.807) is 20.8 Å². The number of fused-ring (bicyclic) bond motifs is 4. The molecule has 2 atom stereocenters. The molecule has 3 N–H and O–H groups in total. The van der Waals surface area contributed by atoms with E-state index in [1.165, 1.54) is 11.1 Å². The summed E-state index contributed by atoms with van der Waals surface area (Å²) in [5, 5.41) is 10.1. The number of amides is 4. The van der Waals surface area contributed by atoms with Crippen molar-refractivity contribution in [2.45, 2.75) is 38.5 Å². The van der Waals surface area contributed by atoms with Gasteiger partial charge in [-0.25, -0.2) is 14.4 Å². The van der Waals surface area contributed by atoms with Crippen LogP contribution in [-0.2, 0) is 19.4 Å². The number of nitrogens with one attached hydrogen (secondary N) is 2. The van der Waals surface area contributed by atoms with Crippen LogP contribution in [-0.4, -0.2) is 102 Å². The maximum absolute atomic E-state index is 12.8. The van der Waals surface area contributed by atoms with Crippen molar-refractivity contribution in [3.05, 3.63) is 17.5 Å². The summed E-state index contributed by atoms with van der Waals surface area (Å²) in [5.74, 6) is 0. The Hall–Kier alpha value is -2.95. The Morgan fingerprint density at radius 1 is 1.29 bits per heavy atom. The van der Waals surface area contributed by atoms with Gasteiger partial charge in [0.2, 0.25) is 0 Å². The molecule has 2 aliphatic rings. The molecule has 1 aromatic rings. The minimum atomic E-state index is -5.00. The fraction of sp³-hybridized carbons (Fsp3) is 0.667. The molecule has 0 unspecified atom stereocenters. The first-order chi connectivity index (χ1) is 15.7. The van der Waals surface area contributed by atoms with Gasteiger partial charge in [-0.15, -0.1) is 4.28 Å². The van der Waals surface area contributed by atoms with Crippen molar-refractivity contribution >= 4 is 28.6 Å². The number of ether oxygens (including phenoxy) is 1. The topological polar surface area (TPSA) is 176 Å². The van der Waals surface area contributed by atoms with Crippen molar-refractivity contribution in [2.75, 3.05) is 40.3 Å². The van der Waals surface area contributed by atoms with Gasteiger partial charge in [0.25, 0.3) is 0 Å². The maximum Gasteiger partial charge on any atom is 0.418 e. The summed E-state index contributed by atoms with van der Waals surface area (Å²) in [5.41, 5.74) is -0.141. The standard InChI is InChI=1S/C18H29N7O8S/c1-18(2,3)32-16(27)20-8-12-14-11(9-24(21-14)15(26)19-6-7-22(4)5)13-10-23(12)17(28)25(13)33-34(29,30)31/h9,12-13H,6-8,10H2,1-5H3,(H,19,26)(H,20,27)(H,29,30,31)/t12-,13-/m1/s1. The molecule has 0 saturated carbocycles. The number of urea groups is 1. The summed E-state index contributed by atoms with van der Waals surface area (Å²) in [6, 6.07) is -3.18. The second-order valence-corrected chi connectivity index (χ2v) is 10.1. The van der Waals surface area contributed by atoms with Gasteiger partial charge in [0.15, 0.2) is 0 Å². The molecule has 2 aliphatic heterocycles. The van der Waals surface area contributed by atoms with E-state index in [0.29, 0.717) is 23.7 Å². The maximum atomic E-state index is 12.8. The Bertz CT molecular complexity index is 1060. The molecule has 190 valence electrons. The average molecular weight is 504 g/mol. The first-order valence-corrected chi connectivity index (χ1v) is 11.8. The number of hydroxylamine groups is 2. The molecule has 4 amide bonds. The zero-order chi connectivity index (χ0) is 25.4. The van der Waals surface area contributed by atoms with Crippen molar-refractivity contribution in [3.63, 3.8) is 0 Å². The molecule has 0 radical (unpaired) electrons. The van der Waals surface area contributed by atoms with Crippen molar-refractivity contribution in [2.24, 2.45) is 0 Å². The molecule has 0 aliphatic carbocycles. The van der Waals surface area contributed by atoms with Gasteiger partial charge in [-0.2, -0.15) is 23.3 Å². The van der Waals surface area contributed by atoms with E-state index in [4.69, 9.17) is 9.29 Å². The Balaban J connectivity index is 1.88. The summed E-state index contributed by atoms with van der Waals surface area (Å²) in [6.45, 7) is 5.89. The predicted octanol–water partition coefficient (Wildman–Crippen LogP) is 0.0949. The Kier molecular flexibility index (Phi) is 7.07. The van der Waals surface area contributed by atoms with Crippen molar-refractivity contribution in [1.29, 1.82) is 0 Å². The molecule has 16 heteroatoms. The molecule has 34 heavy (non-hydrogen) atoms. The highest BCUT2D eigenvalue weighted by molar-refractivity contribution is 7.80. The lowest BCUT2D eigenvalue weighted by Gasteiger charge is -2.30. The van der Waals surface area contributed by atoms with Gasteiger partial charge in [0.05, 0.1) is 18.3 Å². The van der Waals surface area contributed by atoms with Gasteiger partial charge in [-0.3, -0.25) is 4.55 Å². The van der Waals surface area contributed by atoms with Crippen molar-refractivity contribution in [3.8, 4) is 0 Å². The van der Waals surface area contributed by atoms with Crippen LogP contribution in [0, 0.1) is 0 Å². The quantitative estimate of drug-likeness (QED) is 0.432. The molecule has 0 aromatic carbocycles. The van der Waals surface area contributed by atoms with Crippen LogP contribution >= 0.6 is 0 Å². The molecular weight excluding hydrogens is 474 g/mol. The number of hydrogen-bond donors (Lipinski definition) is 3. The normalized spacial score (nSPS) is 19.9. The van der Waals surface area contributed by atoms with E-state index >= 15 is 0 Å². The first-order valence-electron chi connectivity index (χ1n) is 10.4. The first kappa shape index (κ1) is 25.7. The average Bonchev–Trinajstić information content (AvgIpc) is 3.22. The lowest BCUT2D eigenvalue weighted by Crippen LogP contribution is -2.42. The molecule has 1 saturated heterocycles. The lowest BCUT2D eigenvalue weighted by atomic mass is 9.98. The van der Waals surface area contributed by atoms with Crippen LogP contribution in [0.25, 0.3) is 0 Å². The van der Waals surface area contributed by atoms with Gasteiger partial charge in [0.1, 0.15) is 11.6 Å². The lowest BCUT2D eigenvalue weighted by molar-refractivity contribution is -0.0317. The van der Waals surface area contributed by atoms with Gasteiger partial charge in [-0.1, -0.05) is 0 Å². The smallest absolute Gasteiger partial charge is 0.418 e. The number of alkyl carbamates (subject to hydrolysis) is 1. The van der Waals surface area contributed by atoms with Crippen LogP contribution in [0.3, 0.4) is 0 Å². The minimum absolute atomic E-state index is 0.0179. The van der Waals surface area contributed by atoms with E-state index in [0.717, 1.165) is 4.68 Å². The number of likely N-dealkylation sites (N-methyl/N-ethyl adjacent to an activating group) is 1. The van der Waals surface area contributed by atoms with E-state index in [2.05, 4.69) is 20.0 Å². The molecule has 1 aromatic heterocycles. The highest BCUT2D eigenvalue weighted by atomic mass is 32.3. The zero-order valence-electron chi connectivity index (χ0n) is 19.5. The summed E-state index contributed by atoms with van der Waals surface area (Å²) in [6.07, 6.45) is 0.636. The third-order valence-electron chi connectivity index (χ3n) is 4.97. The number of rotatable bonds is 7. The Labute approximate surface area is 196 Å². The number of carbonyl (C=O) groups excluding carboxylic acids is 3. The Morgan fingerprint density at radius 2 is 1.97 bits per heavy atom. The second kappa shape index (κ2) is 9.36. The van der Waals surface area contributed by atoms with Gasteiger partial charge >= 0.3 is 28.6 Å². The van der Waals surface area contributed by atoms with Gasteiger partial charge in [-0.05, 0) is 34.9 Å². The highest BCUT2D eigenvalue weighted by Crippen LogP contribution is 2.43. The second-order valence-electron chi connectivity index (χ2n) is 9.13. The minimum Gasteiger partial charge on any atom is -0.444 e. The van der Waals surface area contributed by atoms with Gasteiger partial charge in [0, 0.05) is 31.4 Å². The highest BCUT2D eigenvalue weighted by Gasteiger charge is 2.52. The number of aromatic nitrogens is 2. The molecule has 1 fully saturated rings. The number of nitrogens with zero attached hydrogens (tertiary/aromatic N) is 5. The third kappa shape index (κ3) is 5.94. The SMILES string of the molecule is CN(C)CCNC(=O)n1cc2c(n1)[C@@H](CNC(=O)OC(C)(C)C)N1C[C@H]2N(OS(=O)(=O)O)C1=O. The number of hydrogen-bond acceptors (Lipinski definition) is 9. The molecule has 3 rings (SSSR count). The van der Waals surface area contributed by atoms with Crippen molar-refractivity contribution in [1.82, 2.24) is 35.3 Å². The van der Waals surface area contributed by atoms with E-state index < -0.39 is 46.2 Å². The third-order valence-corrected chi connectivity index (χ3v) is 5.32. The molecule has 2 bridgehead atoms. The fourth-order valence-electron chi connectivity index (χ4n) is 3.61. The molecule has 0 spiro atoms.